The van der Waals surface area contributed by atoms with Crippen LogP contribution in [-0.2, 0) is 0 Å². The van der Waals surface area contributed by atoms with E-state index in [1.807, 2.05) is 0 Å². The summed E-state index contributed by atoms with van der Waals surface area (Å²) in [5.41, 5.74) is 8.18. The number of rotatable bonds is 12. The molecule has 2 heterocycles. The summed E-state index contributed by atoms with van der Waals surface area (Å²) in [5, 5.41) is 15.7. The van der Waals surface area contributed by atoms with Crippen molar-refractivity contribution in [2.45, 2.75) is 37.5 Å². The van der Waals surface area contributed by atoms with Crippen LogP contribution < -0.4 is 0 Å². The van der Waals surface area contributed by atoms with Crippen LogP contribution in [0.15, 0.2) is 94.7 Å². The van der Waals surface area contributed by atoms with Crippen molar-refractivity contribution in [3.63, 3.8) is 0 Å². The molecule has 0 aliphatic carbocycles. The largest absolute Gasteiger partial charge is 0.277 e. The molecule has 0 bridgehead atoms. The van der Waals surface area contributed by atoms with Gasteiger partial charge in [-0.05, 0) is 77.5 Å². The van der Waals surface area contributed by atoms with Crippen molar-refractivity contribution in [2.24, 2.45) is 0 Å². The van der Waals surface area contributed by atoms with Gasteiger partial charge in [0.15, 0.2) is 0 Å². The number of aromatic amines is 2. The van der Waals surface area contributed by atoms with Crippen LogP contribution in [0.1, 0.15) is 27.7 Å². The minimum absolute atomic E-state index is 0.912. The van der Waals surface area contributed by atoms with Gasteiger partial charge in [0, 0.05) is 47.1 Å². The van der Waals surface area contributed by atoms with E-state index in [-0.39, 0.29) is 0 Å². The highest BCUT2D eigenvalue weighted by atomic mass is 32.2. The second kappa shape index (κ2) is 13.4. The summed E-state index contributed by atoms with van der Waals surface area (Å²) in [7, 11) is 0. The molecule has 5 rings (SSSR count). The Morgan fingerprint density at radius 3 is 1.30 bits per heavy atom. The van der Waals surface area contributed by atoms with Crippen LogP contribution in [0.4, 0.5) is 0 Å². The maximum Gasteiger partial charge on any atom is 0.0927 e. The molecule has 5 aromatic rings. The molecule has 2 N–H and O–H groups in total. The Hall–Kier alpha value is -3.30. The minimum Gasteiger partial charge on any atom is -0.277 e. The molecule has 3 aromatic carbocycles. The fourth-order valence-corrected chi connectivity index (χ4v) is 6.10. The van der Waals surface area contributed by atoms with Crippen LogP contribution in [0.5, 0.6) is 0 Å². The fourth-order valence-electron chi connectivity index (χ4n) is 4.47. The average Bonchev–Trinajstić information content (AvgIpc) is 3.71. The molecule has 8 heteroatoms. The van der Waals surface area contributed by atoms with E-state index in [0.717, 1.165) is 71.2 Å². The van der Waals surface area contributed by atoms with Crippen molar-refractivity contribution < 1.29 is 0 Å². The lowest BCUT2D eigenvalue weighted by Crippen LogP contribution is -2.13. The highest BCUT2D eigenvalue weighted by Crippen LogP contribution is 2.31. The number of H-pyrrole nitrogens is 2. The van der Waals surface area contributed by atoms with Gasteiger partial charge in [-0.2, -0.15) is 10.2 Å². The zero-order chi connectivity index (χ0) is 27.9. The standard InChI is InChI=1S/C32H36N6S2/c1-5-37(6-2)39-27-16-12-23(13-17-27)29-21-31(35-33-29)25-10-9-11-26(20-25)32-22-30(34-36-32)24-14-18-28(19-15-24)40-38(7-3)8-4/h9-22H,5-8H2,1-4H3,(H,33,35)(H,34,36). The van der Waals surface area contributed by atoms with Crippen LogP contribution in [0.2, 0.25) is 0 Å². The van der Waals surface area contributed by atoms with Crippen LogP contribution in [-0.4, -0.2) is 55.2 Å². The molecule has 40 heavy (non-hydrogen) atoms. The Bertz CT molecular complexity index is 1390. The molecule has 0 atom stereocenters. The van der Waals surface area contributed by atoms with Gasteiger partial charge in [0.05, 0.1) is 22.8 Å². The molecule has 2 aromatic heterocycles. The Labute approximate surface area is 245 Å². The van der Waals surface area contributed by atoms with Crippen LogP contribution in [0, 0.1) is 0 Å². The molecule has 0 saturated carbocycles. The number of benzene rings is 3. The summed E-state index contributed by atoms with van der Waals surface area (Å²) in [6.07, 6.45) is 0. The summed E-state index contributed by atoms with van der Waals surface area (Å²) < 4.78 is 4.67. The predicted octanol–water partition coefficient (Wildman–Crippen LogP) is 8.50. The highest BCUT2D eigenvalue weighted by molar-refractivity contribution is 7.97. The minimum atomic E-state index is 0.912. The van der Waals surface area contributed by atoms with Gasteiger partial charge < -0.3 is 0 Å². The molecule has 0 aliphatic heterocycles. The van der Waals surface area contributed by atoms with Gasteiger partial charge in [-0.1, -0.05) is 70.2 Å². The molecule has 0 aliphatic rings. The second-order valence-corrected chi connectivity index (χ2v) is 11.7. The number of hydrogen-bond acceptors (Lipinski definition) is 6. The van der Waals surface area contributed by atoms with Gasteiger partial charge in [-0.15, -0.1) is 0 Å². The van der Waals surface area contributed by atoms with Crippen molar-refractivity contribution in [1.29, 1.82) is 0 Å². The number of aromatic nitrogens is 4. The van der Waals surface area contributed by atoms with Crippen molar-refractivity contribution in [3.05, 3.63) is 84.9 Å². The van der Waals surface area contributed by atoms with E-state index in [4.69, 9.17) is 0 Å². The quantitative estimate of drug-likeness (QED) is 0.147. The topological polar surface area (TPSA) is 63.8 Å². The van der Waals surface area contributed by atoms with Crippen molar-refractivity contribution in [2.75, 3.05) is 26.2 Å². The third-order valence-electron chi connectivity index (χ3n) is 6.82. The zero-order valence-electron chi connectivity index (χ0n) is 23.5. The number of hydrogen-bond donors (Lipinski definition) is 2. The smallest absolute Gasteiger partial charge is 0.0927 e. The van der Waals surface area contributed by atoms with E-state index in [9.17, 15) is 0 Å². The molecular weight excluding hydrogens is 533 g/mol. The SMILES string of the molecule is CCN(CC)Sc1ccc(-c2cc(-c3cccc(-c4cc(-c5ccc(SN(CC)CC)cc5)[nH]n4)c3)n[nH]2)cc1. The molecule has 0 unspecified atom stereocenters. The van der Waals surface area contributed by atoms with Crippen molar-refractivity contribution >= 4 is 23.9 Å². The third kappa shape index (κ3) is 6.70. The van der Waals surface area contributed by atoms with Gasteiger partial charge in [-0.3, -0.25) is 10.2 Å². The Balaban J connectivity index is 1.29. The molecular formula is C32H36N6S2. The monoisotopic (exact) mass is 568 g/mol. The first-order valence-electron chi connectivity index (χ1n) is 13.9. The molecule has 206 valence electrons. The van der Waals surface area contributed by atoms with E-state index in [1.165, 1.54) is 9.79 Å². The fraction of sp³-hybridized carbons (Fsp3) is 0.250. The molecule has 0 fully saturated rings. The predicted molar refractivity (Wildman–Crippen MR) is 170 cm³/mol. The molecule has 0 amide bonds. The van der Waals surface area contributed by atoms with Gasteiger partial charge in [0.1, 0.15) is 0 Å². The van der Waals surface area contributed by atoms with Gasteiger partial charge in [0.2, 0.25) is 0 Å². The molecule has 0 radical (unpaired) electrons. The summed E-state index contributed by atoms with van der Waals surface area (Å²) in [6.45, 7) is 12.8. The highest BCUT2D eigenvalue weighted by Gasteiger charge is 2.11. The summed E-state index contributed by atoms with van der Waals surface area (Å²) in [5.74, 6) is 0. The van der Waals surface area contributed by atoms with E-state index in [1.54, 1.807) is 23.9 Å². The van der Waals surface area contributed by atoms with Crippen LogP contribution >= 0.6 is 23.9 Å². The normalized spacial score (nSPS) is 11.6. The first-order chi connectivity index (χ1) is 19.6. The van der Waals surface area contributed by atoms with E-state index in [2.05, 4.69) is 142 Å². The van der Waals surface area contributed by atoms with Gasteiger partial charge in [0.25, 0.3) is 0 Å². The van der Waals surface area contributed by atoms with E-state index in [0.29, 0.717) is 0 Å². The summed E-state index contributed by atoms with van der Waals surface area (Å²) in [4.78, 5) is 2.49. The van der Waals surface area contributed by atoms with Gasteiger partial charge >= 0.3 is 0 Å². The Morgan fingerprint density at radius 2 is 0.925 bits per heavy atom. The van der Waals surface area contributed by atoms with E-state index < -0.39 is 0 Å². The lowest BCUT2D eigenvalue weighted by Gasteiger charge is -2.16. The lowest BCUT2D eigenvalue weighted by molar-refractivity contribution is 0.525. The first-order valence-corrected chi connectivity index (χ1v) is 15.4. The molecule has 0 spiro atoms. The number of nitrogens with zero attached hydrogens (tertiary/aromatic N) is 4. The Morgan fingerprint density at radius 1 is 0.525 bits per heavy atom. The number of nitrogens with one attached hydrogen (secondary N) is 2. The second-order valence-electron chi connectivity index (χ2n) is 9.37. The molecule has 0 saturated heterocycles. The Kier molecular flexibility index (Phi) is 9.44. The molecule has 6 nitrogen and oxygen atoms in total. The van der Waals surface area contributed by atoms with Crippen molar-refractivity contribution in [3.8, 4) is 45.0 Å². The maximum atomic E-state index is 4.62. The third-order valence-corrected chi connectivity index (χ3v) is 9.34. The summed E-state index contributed by atoms with van der Waals surface area (Å²) in [6, 6.07) is 29.9. The zero-order valence-corrected chi connectivity index (χ0v) is 25.1. The van der Waals surface area contributed by atoms with Crippen LogP contribution in [0.25, 0.3) is 45.0 Å². The lowest BCUT2D eigenvalue weighted by atomic mass is 10.0. The van der Waals surface area contributed by atoms with Gasteiger partial charge in [-0.25, -0.2) is 8.61 Å². The first kappa shape index (κ1) is 28.2. The van der Waals surface area contributed by atoms with Crippen LogP contribution in [0.3, 0.4) is 0 Å². The maximum absolute atomic E-state index is 4.62. The van der Waals surface area contributed by atoms with E-state index >= 15 is 0 Å². The van der Waals surface area contributed by atoms with Crippen molar-refractivity contribution in [1.82, 2.24) is 29.0 Å². The summed E-state index contributed by atoms with van der Waals surface area (Å²) >= 11 is 3.59. The average molecular weight is 569 g/mol.